The summed E-state index contributed by atoms with van der Waals surface area (Å²) in [5.41, 5.74) is 2.61. The van der Waals surface area contributed by atoms with E-state index in [1.165, 1.54) is 23.6 Å². The molecule has 0 spiro atoms. The van der Waals surface area contributed by atoms with E-state index in [0.717, 1.165) is 49.6 Å². The maximum absolute atomic E-state index is 13.6. The second-order valence-electron chi connectivity index (χ2n) is 7.82. The van der Waals surface area contributed by atoms with Gasteiger partial charge in [-0.3, -0.25) is 13.9 Å². The number of sulfonamides is 1. The zero-order valence-corrected chi connectivity index (χ0v) is 18.1. The highest BCUT2D eigenvalue weighted by Gasteiger charge is 2.23. The average molecular weight is 433 g/mol. The molecule has 0 amide bonds. The van der Waals surface area contributed by atoms with E-state index in [-0.39, 0.29) is 16.1 Å². The van der Waals surface area contributed by atoms with Crippen molar-refractivity contribution in [3.63, 3.8) is 0 Å². The Kier molecular flexibility index (Phi) is 5.09. The second-order valence-corrected chi connectivity index (χ2v) is 9.51. The number of nitrogens with zero attached hydrogens (tertiary/aromatic N) is 3. The van der Waals surface area contributed by atoms with Crippen molar-refractivity contribution in [1.29, 1.82) is 0 Å². The number of piperidine rings is 1. The molecule has 1 aliphatic rings. The lowest BCUT2D eigenvalue weighted by Gasteiger charge is -2.31. The van der Waals surface area contributed by atoms with Gasteiger partial charge in [0.05, 0.1) is 27.3 Å². The fourth-order valence-corrected chi connectivity index (χ4v) is 5.15. The molecule has 0 unspecified atom stereocenters. The van der Waals surface area contributed by atoms with E-state index >= 15 is 0 Å². The van der Waals surface area contributed by atoms with E-state index in [1.807, 2.05) is 6.07 Å². The number of imidazole rings is 1. The summed E-state index contributed by atoms with van der Waals surface area (Å²) >= 11 is 0. The Morgan fingerprint density at radius 1 is 0.967 bits per heavy atom. The lowest BCUT2D eigenvalue weighted by molar-refractivity contribution is 0.578. The van der Waals surface area contributed by atoms with Gasteiger partial charge < -0.3 is 4.90 Å². The minimum atomic E-state index is -3.94. The van der Waals surface area contributed by atoms with Crippen molar-refractivity contribution in [3.8, 4) is 0 Å². The van der Waals surface area contributed by atoms with Gasteiger partial charge >= 0.3 is 5.69 Å². The Morgan fingerprint density at radius 3 is 2.23 bits per heavy atom. The standard InChI is InChI=1S/C21H25FN4O3S/c1-14-11-15(7-8-16(14)22)30(28,29)23-17-12-19-20(25(3)21(27)24(19)2)13-18(17)26-9-5-4-6-10-26/h7-8,11-13,23H,4-6,9-10H2,1-3H3. The molecule has 2 heterocycles. The number of rotatable bonds is 4. The Morgan fingerprint density at radius 2 is 1.60 bits per heavy atom. The van der Waals surface area contributed by atoms with Gasteiger partial charge in [0, 0.05) is 27.2 Å². The first-order valence-corrected chi connectivity index (χ1v) is 11.4. The molecule has 1 aromatic heterocycles. The van der Waals surface area contributed by atoms with Crippen LogP contribution < -0.4 is 15.3 Å². The molecule has 0 bridgehead atoms. The van der Waals surface area contributed by atoms with Gasteiger partial charge in [0.15, 0.2) is 0 Å². The predicted molar refractivity (Wildman–Crippen MR) is 116 cm³/mol. The summed E-state index contributed by atoms with van der Waals surface area (Å²) in [5, 5.41) is 0. The van der Waals surface area contributed by atoms with Crippen LogP contribution in [0.5, 0.6) is 0 Å². The largest absolute Gasteiger partial charge is 0.370 e. The van der Waals surface area contributed by atoms with Gasteiger partial charge in [-0.05, 0) is 62.1 Å². The van der Waals surface area contributed by atoms with Gasteiger partial charge in [-0.2, -0.15) is 0 Å². The number of hydrogen-bond donors (Lipinski definition) is 1. The number of hydrogen-bond acceptors (Lipinski definition) is 4. The molecule has 1 fully saturated rings. The number of aromatic nitrogens is 2. The summed E-state index contributed by atoms with van der Waals surface area (Å²) in [4.78, 5) is 14.5. The van der Waals surface area contributed by atoms with Crippen molar-refractivity contribution in [2.45, 2.75) is 31.1 Å². The minimum absolute atomic E-state index is 0.00644. The van der Waals surface area contributed by atoms with Crippen LogP contribution in [0.25, 0.3) is 11.0 Å². The number of halogens is 1. The predicted octanol–water partition coefficient (Wildman–Crippen LogP) is 3.12. The Bertz CT molecular complexity index is 1290. The Balaban J connectivity index is 1.86. The van der Waals surface area contributed by atoms with Gasteiger partial charge in [-0.15, -0.1) is 0 Å². The third-order valence-corrected chi connectivity index (χ3v) is 7.13. The second kappa shape index (κ2) is 7.46. The van der Waals surface area contributed by atoms with Crippen LogP contribution in [0.2, 0.25) is 0 Å². The van der Waals surface area contributed by atoms with E-state index in [0.29, 0.717) is 11.2 Å². The van der Waals surface area contributed by atoms with Gasteiger partial charge in [0.25, 0.3) is 10.0 Å². The molecule has 1 saturated heterocycles. The van der Waals surface area contributed by atoms with Crippen molar-refractivity contribution in [2.75, 3.05) is 22.7 Å². The molecule has 3 aromatic rings. The van der Waals surface area contributed by atoms with Crippen LogP contribution >= 0.6 is 0 Å². The molecule has 7 nitrogen and oxygen atoms in total. The highest BCUT2D eigenvalue weighted by molar-refractivity contribution is 7.92. The van der Waals surface area contributed by atoms with Crippen LogP contribution in [0, 0.1) is 12.7 Å². The third-order valence-electron chi connectivity index (χ3n) is 5.77. The molecule has 30 heavy (non-hydrogen) atoms. The highest BCUT2D eigenvalue weighted by Crippen LogP contribution is 2.34. The molecule has 1 aliphatic heterocycles. The van der Waals surface area contributed by atoms with E-state index in [2.05, 4.69) is 9.62 Å². The average Bonchev–Trinajstić information content (AvgIpc) is 2.93. The molecular formula is C21H25FN4O3S. The normalized spacial score (nSPS) is 15.0. The van der Waals surface area contributed by atoms with Crippen molar-refractivity contribution < 1.29 is 12.8 Å². The van der Waals surface area contributed by atoms with Crippen LogP contribution in [-0.4, -0.2) is 30.6 Å². The summed E-state index contributed by atoms with van der Waals surface area (Å²) in [7, 11) is -0.572. The van der Waals surface area contributed by atoms with Gasteiger partial charge in [-0.1, -0.05) is 0 Å². The van der Waals surface area contributed by atoms with E-state index < -0.39 is 15.8 Å². The molecule has 0 radical (unpaired) electrons. The van der Waals surface area contributed by atoms with E-state index in [4.69, 9.17) is 0 Å². The Hall–Kier alpha value is -2.81. The van der Waals surface area contributed by atoms with E-state index in [9.17, 15) is 17.6 Å². The summed E-state index contributed by atoms with van der Waals surface area (Å²) in [5.74, 6) is -0.455. The first kappa shape index (κ1) is 20.5. The summed E-state index contributed by atoms with van der Waals surface area (Å²) in [6, 6.07) is 7.29. The smallest absolute Gasteiger partial charge is 0.328 e. The molecule has 2 aromatic carbocycles. The summed E-state index contributed by atoms with van der Waals surface area (Å²) in [6.45, 7) is 3.16. The molecule has 160 valence electrons. The van der Waals surface area contributed by atoms with Gasteiger partial charge in [0.1, 0.15) is 5.82 Å². The maximum atomic E-state index is 13.6. The van der Waals surface area contributed by atoms with Crippen LogP contribution in [0.3, 0.4) is 0 Å². The fourth-order valence-electron chi connectivity index (χ4n) is 4.00. The minimum Gasteiger partial charge on any atom is -0.370 e. The first-order valence-electron chi connectivity index (χ1n) is 9.92. The Labute approximate surface area is 174 Å². The quantitative estimate of drug-likeness (QED) is 0.687. The molecule has 4 rings (SSSR count). The van der Waals surface area contributed by atoms with Crippen molar-refractivity contribution in [3.05, 3.63) is 52.2 Å². The lowest BCUT2D eigenvalue weighted by Crippen LogP contribution is -2.30. The van der Waals surface area contributed by atoms with Crippen molar-refractivity contribution in [1.82, 2.24) is 9.13 Å². The molecular weight excluding hydrogens is 407 g/mol. The topological polar surface area (TPSA) is 76.3 Å². The summed E-state index contributed by atoms with van der Waals surface area (Å²) < 4.78 is 45.5. The maximum Gasteiger partial charge on any atom is 0.328 e. The first-order chi connectivity index (χ1) is 14.2. The fraction of sp³-hybridized carbons (Fsp3) is 0.381. The van der Waals surface area contributed by atoms with Gasteiger partial charge in [-0.25, -0.2) is 17.6 Å². The zero-order valence-electron chi connectivity index (χ0n) is 17.3. The number of aryl methyl sites for hydroxylation is 3. The van der Waals surface area contributed by atoms with Crippen LogP contribution in [-0.2, 0) is 24.1 Å². The number of fused-ring (bicyclic) bond motifs is 1. The van der Waals surface area contributed by atoms with Crippen LogP contribution in [0.15, 0.2) is 40.0 Å². The SMILES string of the molecule is Cc1cc(S(=O)(=O)Nc2cc3c(cc2N2CCCCC2)n(C)c(=O)n3C)ccc1F. The molecule has 0 aliphatic carbocycles. The molecule has 0 saturated carbocycles. The lowest BCUT2D eigenvalue weighted by atomic mass is 10.1. The van der Waals surface area contributed by atoms with Crippen molar-refractivity contribution in [2.24, 2.45) is 14.1 Å². The molecule has 9 heteroatoms. The number of nitrogens with one attached hydrogen (secondary N) is 1. The van der Waals surface area contributed by atoms with Crippen LogP contribution in [0.1, 0.15) is 24.8 Å². The number of benzene rings is 2. The van der Waals surface area contributed by atoms with Gasteiger partial charge in [0.2, 0.25) is 0 Å². The van der Waals surface area contributed by atoms with Crippen molar-refractivity contribution >= 4 is 32.4 Å². The number of anilines is 2. The monoisotopic (exact) mass is 432 g/mol. The highest BCUT2D eigenvalue weighted by atomic mass is 32.2. The summed E-state index contributed by atoms with van der Waals surface area (Å²) in [6.07, 6.45) is 3.18. The van der Waals surface area contributed by atoms with Crippen LogP contribution in [0.4, 0.5) is 15.8 Å². The molecule has 1 N–H and O–H groups in total. The molecule has 0 atom stereocenters. The zero-order chi connectivity index (χ0) is 21.6. The van der Waals surface area contributed by atoms with E-state index in [1.54, 1.807) is 24.7 Å². The third kappa shape index (κ3) is 3.47.